The molecular weight excluding hydrogens is 206 g/mol. The summed E-state index contributed by atoms with van der Waals surface area (Å²) in [5.74, 6) is 1.36. The largest absolute Gasteiger partial charge is 0.387 e. The SMILES string of the molecule is Cn1ccnc1CC1CCN(C(=O)CO)C1. The van der Waals surface area contributed by atoms with Crippen molar-refractivity contribution in [3.63, 3.8) is 0 Å². The Morgan fingerprint density at radius 2 is 2.50 bits per heavy atom. The standard InChI is InChI=1S/C11H17N3O2/c1-13-5-3-12-10(13)6-9-2-4-14(7-9)11(16)8-15/h3,5,9,15H,2,4,6-8H2,1H3. The lowest BCUT2D eigenvalue weighted by atomic mass is 10.0. The van der Waals surface area contributed by atoms with Gasteiger partial charge in [0.25, 0.3) is 0 Å². The number of aliphatic hydroxyl groups is 1. The minimum absolute atomic E-state index is 0.164. The molecule has 88 valence electrons. The molecule has 1 fully saturated rings. The van der Waals surface area contributed by atoms with Gasteiger partial charge in [0.05, 0.1) is 0 Å². The second-order valence-electron chi connectivity index (χ2n) is 4.31. The second kappa shape index (κ2) is 4.65. The van der Waals surface area contributed by atoms with E-state index in [1.54, 1.807) is 11.1 Å². The van der Waals surface area contributed by atoms with Gasteiger partial charge in [-0.1, -0.05) is 0 Å². The van der Waals surface area contributed by atoms with Gasteiger partial charge >= 0.3 is 0 Å². The highest BCUT2D eigenvalue weighted by atomic mass is 16.3. The third-order valence-corrected chi connectivity index (χ3v) is 3.17. The van der Waals surface area contributed by atoms with Crippen molar-refractivity contribution < 1.29 is 9.90 Å². The van der Waals surface area contributed by atoms with E-state index in [2.05, 4.69) is 4.98 Å². The molecule has 1 aromatic heterocycles. The molecule has 1 aromatic rings. The van der Waals surface area contributed by atoms with Gasteiger partial charge < -0.3 is 14.6 Å². The molecule has 0 aliphatic carbocycles. The third-order valence-electron chi connectivity index (χ3n) is 3.17. The van der Waals surface area contributed by atoms with E-state index in [0.29, 0.717) is 5.92 Å². The zero-order valence-electron chi connectivity index (χ0n) is 9.46. The van der Waals surface area contributed by atoms with Crippen LogP contribution in [0.15, 0.2) is 12.4 Å². The number of hydrogen-bond donors (Lipinski definition) is 1. The number of carbonyl (C=O) groups excluding carboxylic acids is 1. The highest BCUT2D eigenvalue weighted by Crippen LogP contribution is 2.19. The molecule has 1 aliphatic heterocycles. The first-order valence-corrected chi connectivity index (χ1v) is 5.55. The van der Waals surface area contributed by atoms with Crippen LogP contribution in [0.2, 0.25) is 0 Å². The van der Waals surface area contributed by atoms with Crippen LogP contribution in [0.4, 0.5) is 0 Å². The van der Waals surface area contributed by atoms with Crippen molar-refractivity contribution >= 4 is 5.91 Å². The van der Waals surface area contributed by atoms with Gasteiger partial charge in [-0.05, 0) is 12.3 Å². The van der Waals surface area contributed by atoms with Crippen LogP contribution in [0.1, 0.15) is 12.2 Å². The molecule has 0 radical (unpaired) electrons. The first kappa shape index (κ1) is 11.1. The molecule has 1 atom stereocenters. The van der Waals surface area contributed by atoms with Gasteiger partial charge in [0, 0.05) is 39.0 Å². The molecule has 1 saturated heterocycles. The highest BCUT2D eigenvalue weighted by Gasteiger charge is 2.26. The number of aliphatic hydroxyl groups excluding tert-OH is 1. The molecule has 0 aromatic carbocycles. The molecule has 5 nitrogen and oxygen atoms in total. The van der Waals surface area contributed by atoms with E-state index in [9.17, 15) is 4.79 Å². The van der Waals surface area contributed by atoms with Crippen molar-refractivity contribution in [1.29, 1.82) is 0 Å². The normalized spacial score (nSPS) is 20.4. The van der Waals surface area contributed by atoms with Crippen molar-refractivity contribution in [2.75, 3.05) is 19.7 Å². The van der Waals surface area contributed by atoms with Crippen LogP contribution in [0.5, 0.6) is 0 Å². The zero-order chi connectivity index (χ0) is 11.5. The van der Waals surface area contributed by atoms with Crippen molar-refractivity contribution in [2.45, 2.75) is 12.8 Å². The summed E-state index contributed by atoms with van der Waals surface area (Å²) in [6.45, 7) is 1.12. The predicted octanol–water partition coefficient (Wildman–Crippen LogP) is -0.197. The minimum Gasteiger partial charge on any atom is -0.387 e. The molecule has 2 heterocycles. The first-order valence-electron chi connectivity index (χ1n) is 5.55. The molecule has 1 aliphatic rings. The maximum atomic E-state index is 11.3. The summed E-state index contributed by atoms with van der Waals surface area (Å²) in [5.41, 5.74) is 0. The molecule has 0 saturated carbocycles. The summed E-state index contributed by atoms with van der Waals surface area (Å²) in [7, 11) is 1.98. The fourth-order valence-electron chi connectivity index (χ4n) is 2.18. The van der Waals surface area contributed by atoms with Crippen molar-refractivity contribution in [3.8, 4) is 0 Å². The Bertz CT molecular complexity index is 375. The number of aromatic nitrogens is 2. The van der Waals surface area contributed by atoms with Crippen LogP contribution >= 0.6 is 0 Å². The molecule has 1 amide bonds. The predicted molar refractivity (Wildman–Crippen MR) is 58.7 cm³/mol. The monoisotopic (exact) mass is 223 g/mol. The summed E-state index contributed by atoms with van der Waals surface area (Å²) >= 11 is 0. The number of rotatable bonds is 3. The summed E-state index contributed by atoms with van der Waals surface area (Å²) in [4.78, 5) is 17.3. The molecule has 0 bridgehead atoms. The third kappa shape index (κ3) is 2.24. The summed E-state index contributed by atoms with van der Waals surface area (Å²) in [6.07, 6.45) is 5.62. The molecule has 0 spiro atoms. The van der Waals surface area contributed by atoms with E-state index < -0.39 is 0 Å². The number of nitrogens with zero attached hydrogens (tertiary/aromatic N) is 3. The van der Waals surface area contributed by atoms with E-state index in [4.69, 9.17) is 5.11 Å². The van der Waals surface area contributed by atoms with Crippen LogP contribution < -0.4 is 0 Å². The van der Waals surface area contributed by atoms with Gasteiger partial charge in [-0.15, -0.1) is 0 Å². The smallest absolute Gasteiger partial charge is 0.248 e. The van der Waals surface area contributed by atoms with Crippen LogP contribution in [0.25, 0.3) is 0 Å². The number of likely N-dealkylation sites (tertiary alicyclic amines) is 1. The Morgan fingerprint density at radius 1 is 1.69 bits per heavy atom. The summed E-state index contributed by atoms with van der Waals surface area (Å²) < 4.78 is 2.01. The fraction of sp³-hybridized carbons (Fsp3) is 0.636. The number of imidazole rings is 1. The number of aryl methyl sites for hydroxylation is 1. The quantitative estimate of drug-likeness (QED) is 0.772. The van der Waals surface area contributed by atoms with Gasteiger partial charge in [0.15, 0.2) is 0 Å². The Labute approximate surface area is 94.7 Å². The van der Waals surface area contributed by atoms with E-state index in [-0.39, 0.29) is 12.5 Å². The molecule has 1 N–H and O–H groups in total. The Kier molecular flexibility index (Phi) is 3.24. The van der Waals surface area contributed by atoms with Gasteiger partial charge in [-0.2, -0.15) is 0 Å². The van der Waals surface area contributed by atoms with Crippen LogP contribution in [0, 0.1) is 5.92 Å². The molecular formula is C11H17N3O2. The lowest BCUT2D eigenvalue weighted by Crippen LogP contribution is -2.31. The maximum Gasteiger partial charge on any atom is 0.248 e. The van der Waals surface area contributed by atoms with Crippen LogP contribution in [0.3, 0.4) is 0 Å². The number of hydrogen-bond acceptors (Lipinski definition) is 3. The number of amides is 1. The van der Waals surface area contributed by atoms with Gasteiger partial charge in [-0.3, -0.25) is 4.79 Å². The Balaban J connectivity index is 1.90. The topological polar surface area (TPSA) is 58.4 Å². The van der Waals surface area contributed by atoms with E-state index in [0.717, 1.165) is 31.8 Å². The van der Waals surface area contributed by atoms with Gasteiger partial charge in [0.2, 0.25) is 5.91 Å². The lowest BCUT2D eigenvalue weighted by Gasteiger charge is -2.14. The first-order chi connectivity index (χ1) is 7.70. The van der Waals surface area contributed by atoms with Crippen LogP contribution in [-0.2, 0) is 18.3 Å². The van der Waals surface area contributed by atoms with Crippen molar-refractivity contribution in [1.82, 2.24) is 14.5 Å². The molecule has 2 rings (SSSR count). The highest BCUT2D eigenvalue weighted by molar-refractivity contribution is 5.77. The van der Waals surface area contributed by atoms with Gasteiger partial charge in [-0.25, -0.2) is 4.98 Å². The van der Waals surface area contributed by atoms with E-state index in [1.807, 2.05) is 17.8 Å². The average molecular weight is 223 g/mol. The van der Waals surface area contributed by atoms with E-state index in [1.165, 1.54) is 0 Å². The minimum atomic E-state index is -0.380. The number of carbonyl (C=O) groups is 1. The van der Waals surface area contributed by atoms with E-state index >= 15 is 0 Å². The zero-order valence-corrected chi connectivity index (χ0v) is 9.46. The van der Waals surface area contributed by atoms with Crippen LogP contribution in [-0.4, -0.2) is 45.2 Å². The summed E-state index contributed by atoms with van der Waals surface area (Å²) in [6, 6.07) is 0. The molecule has 16 heavy (non-hydrogen) atoms. The average Bonchev–Trinajstić information content (AvgIpc) is 2.89. The van der Waals surface area contributed by atoms with Gasteiger partial charge in [0.1, 0.15) is 12.4 Å². The molecule has 5 heteroatoms. The lowest BCUT2D eigenvalue weighted by molar-refractivity contribution is -0.133. The Morgan fingerprint density at radius 3 is 3.12 bits per heavy atom. The molecule has 1 unspecified atom stereocenters. The maximum absolute atomic E-state index is 11.3. The summed E-state index contributed by atoms with van der Waals surface area (Å²) in [5, 5.41) is 8.77. The van der Waals surface area contributed by atoms with Crippen molar-refractivity contribution in [3.05, 3.63) is 18.2 Å². The Hall–Kier alpha value is -1.36. The second-order valence-corrected chi connectivity index (χ2v) is 4.31. The van der Waals surface area contributed by atoms with Crippen molar-refractivity contribution in [2.24, 2.45) is 13.0 Å². The fourth-order valence-corrected chi connectivity index (χ4v) is 2.18.